The number of anilines is 1. The van der Waals surface area contributed by atoms with E-state index in [2.05, 4.69) is 4.74 Å². The Hall–Kier alpha value is -2.34. The number of amides is 2. The number of benzene rings is 1. The second-order valence-electron chi connectivity index (χ2n) is 4.65. The van der Waals surface area contributed by atoms with E-state index in [1.165, 1.54) is 18.7 Å². The Kier molecular flexibility index (Phi) is 4.94. The molecule has 1 aliphatic rings. The fourth-order valence-electron chi connectivity index (χ4n) is 2.23. The van der Waals surface area contributed by atoms with Gasteiger partial charge in [0.25, 0.3) is 5.91 Å². The summed E-state index contributed by atoms with van der Waals surface area (Å²) >= 11 is 0. The minimum atomic E-state index is -0.816. The molecular weight excluding hydrogens is 272 g/mol. The van der Waals surface area contributed by atoms with Crippen molar-refractivity contribution in [2.24, 2.45) is 0 Å². The zero-order chi connectivity index (χ0) is 15.2. The predicted octanol–water partition coefficient (Wildman–Crippen LogP) is 1.98. The lowest BCUT2D eigenvalue weighted by atomic mass is 10.2. The van der Waals surface area contributed by atoms with Gasteiger partial charge < -0.3 is 9.64 Å². The number of nitrogens with zero attached hydrogens (tertiary/aromatic N) is 2. The monoisotopic (exact) mass is 290 g/mol. The third kappa shape index (κ3) is 3.61. The molecule has 6 heteroatoms. The van der Waals surface area contributed by atoms with Crippen molar-refractivity contribution in [3.8, 4) is 0 Å². The Morgan fingerprint density at radius 3 is 2.95 bits per heavy atom. The SMILES string of the molecule is COC(=O)N(O)CC/C=C/C(=O)N1CCc2ccccc21. The number of methoxy groups -OCH3 is 1. The van der Waals surface area contributed by atoms with Crippen LogP contribution in [0.4, 0.5) is 10.5 Å². The molecule has 2 rings (SSSR count). The molecule has 112 valence electrons. The molecule has 0 aromatic heterocycles. The van der Waals surface area contributed by atoms with Gasteiger partial charge in [0, 0.05) is 12.2 Å². The number of carbonyl (C=O) groups excluding carboxylic acids is 2. The van der Waals surface area contributed by atoms with Crippen LogP contribution in [0.1, 0.15) is 12.0 Å². The number of fused-ring (bicyclic) bond motifs is 1. The summed E-state index contributed by atoms with van der Waals surface area (Å²) in [6.07, 6.45) is 3.51. The Morgan fingerprint density at radius 1 is 1.43 bits per heavy atom. The number of para-hydroxylation sites is 1. The second kappa shape index (κ2) is 6.90. The zero-order valence-electron chi connectivity index (χ0n) is 11.9. The maximum Gasteiger partial charge on any atom is 0.433 e. The van der Waals surface area contributed by atoms with Crippen LogP contribution in [-0.2, 0) is 16.0 Å². The van der Waals surface area contributed by atoms with Crippen LogP contribution in [0.3, 0.4) is 0 Å². The smallest absolute Gasteiger partial charge is 0.433 e. The maximum absolute atomic E-state index is 12.1. The van der Waals surface area contributed by atoms with Crippen molar-refractivity contribution in [3.63, 3.8) is 0 Å². The summed E-state index contributed by atoms with van der Waals surface area (Å²) in [5, 5.41) is 9.73. The van der Waals surface area contributed by atoms with E-state index in [1.54, 1.807) is 11.0 Å². The fraction of sp³-hybridized carbons (Fsp3) is 0.333. The largest absolute Gasteiger partial charge is 0.451 e. The summed E-state index contributed by atoms with van der Waals surface area (Å²) in [5.74, 6) is -0.0949. The van der Waals surface area contributed by atoms with Gasteiger partial charge in [-0.15, -0.1) is 0 Å². The molecule has 21 heavy (non-hydrogen) atoms. The summed E-state index contributed by atoms with van der Waals surface area (Å²) in [5.41, 5.74) is 2.12. The molecule has 1 aliphatic heterocycles. The lowest BCUT2D eigenvalue weighted by Crippen LogP contribution is -2.28. The molecule has 2 amide bonds. The van der Waals surface area contributed by atoms with Crippen molar-refractivity contribution >= 4 is 17.7 Å². The topological polar surface area (TPSA) is 70.1 Å². The molecule has 6 nitrogen and oxygen atoms in total. The molecule has 0 aliphatic carbocycles. The van der Waals surface area contributed by atoms with E-state index in [-0.39, 0.29) is 12.5 Å². The molecule has 1 heterocycles. The number of ether oxygens (including phenoxy) is 1. The van der Waals surface area contributed by atoms with Gasteiger partial charge in [-0.25, -0.2) is 4.79 Å². The van der Waals surface area contributed by atoms with Crippen molar-refractivity contribution in [2.45, 2.75) is 12.8 Å². The summed E-state index contributed by atoms with van der Waals surface area (Å²) in [6, 6.07) is 7.83. The molecule has 0 spiro atoms. The van der Waals surface area contributed by atoms with E-state index in [4.69, 9.17) is 0 Å². The third-order valence-corrected chi connectivity index (χ3v) is 3.31. The molecule has 1 N–H and O–H groups in total. The maximum atomic E-state index is 12.1. The van der Waals surface area contributed by atoms with Crippen LogP contribution >= 0.6 is 0 Å². The van der Waals surface area contributed by atoms with Gasteiger partial charge in [-0.1, -0.05) is 24.3 Å². The van der Waals surface area contributed by atoms with Crippen molar-refractivity contribution in [1.29, 1.82) is 0 Å². The fourth-order valence-corrected chi connectivity index (χ4v) is 2.23. The van der Waals surface area contributed by atoms with Crippen molar-refractivity contribution in [3.05, 3.63) is 42.0 Å². The number of carbonyl (C=O) groups is 2. The normalized spacial score (nSPS) is 13.3. The lowest BCUT2D eigenvalue weighted by Gasteiger charge is -2.15. The first kappa shape index (κ1) is 15.1. The lowest BCUT2D eigenvalue weighted by molar-refractivity contribution is -0.114. The first-order valence-electron chi connectivity index (χ1n) is 6.74. The van der Waals surface area contributed by atoms with E-state index >= 15 is 0 Å². The van der Waals surface area contributed by atoms with E-state index in [9.17, 15) is 14.8 Å². The Balaban J connectivity index is 1.85. The van der Waals surface area contributed by atoms with Crippen LogP contribution in [0.15, 0.2) is 36.4 Å². The predicted molar refractivity (Wildman–Crippen MR) is 77.2 cm³/mol. The first-order valence-corrected chi connectivity index (χ1v) is 6.74. The van der Waals surface area contributed by atoms with E-state index in [0.717, 1.165) is 12.1 Å². The minimum Gasteiger partial charge on any atom is -0.451 e. The van der Waals surface area contributed by atoms with E-state index in [0.29, 0.717) is 18.0 Å². The zero-order valence-corrected chi connectivity index (χ0v) is 11.9. The van der Waals surface area contributed by atoms with Crippen LogP contribution in [0.2, 0.25) is 0 Å². The highest BCUT2D eigenvalue weighted by atomic mass is 16.6. The molecule has 0 saturated heterocycles. The molecule has 0 atom stereocenters. The van der Waals surface area contributed by atoms with Crippen molar-refractivity contribution in [1.82, 2.24) is 5.06 Å². The van der Waals surface area contributed by atoms with Gasteiger partial charge in [-0.3, -0.25) is 10.0 Å². The number of hydroxylamine groups is 2. The first-order chi connectivity index (χ1) is 10.1. The van der Waals surface area contributed by atoms with Crippen LogP contribution < -0.4 is 4.90 Å². The van der Waals surface area contributed by atoms with Gasteiger partial charge >= 0.3 is 6.09 Å². The van der Waals surface area contributed by atoms with Gasteiger partial charge in [-0.05, 0) is 30.5 Å². The van der Waals surface area contributed by atoms with Crippen LogP contribution in [-0.4, -0.2) is 42.5 Å². The minimum absolute atomic E-state index is 0.0764. The highest BCUT2D eigenvalue weighted by Crippen LogP contribution is 2.27. The van der Waals surface area contributed by atoms with Gasteiger partial charge in [0.2, 0.25) is 0 Å². The number of hydrogen-bond acceptors (Lipinski definition) is 4. The average molecular weight is 290 g/mol. The molecule has 1 aromatic carbocycles. The quantitative estimate of drug-likeness (QED) is 0.523. The summed E-state index contributed by atoms with van der Waals surface area (Å²) in [4.78, 5) is 24.8. The van der Waals surface area contributed by atoms with E-state index < -0.39 is 6.09 Å². The molecule has 1 aromatic rings. The number of hydrogen-bond donors (Lipinski definition) is 1. The van der Waals surface area contributed by atoms with Gasteiger partial charge in [0.1, 0.15) is 0 Å². The van der Waals surface area contributed by atoms with Crippen LogP contribution in [0.5, 0.6) is 0 Å². The molecule has 0 saturated carbocycles. The van der Waals surface area contributed by atoms with Crippen LogP contribution in [0, 0.1) is 0 Å². The molecule has 0 fully saturated rings. The van der Waals surface area contributed by atoms with Crippen molar-refractivity contribution < 1.29 is 19.5 Å². The second-order valence-corrected chi connectivity index (χ2v) is 4.65. The highest BCUT2D eigenvalue weighted by molar-refractivity contribution is 6.02. The molecule has 0 unspecified atom stereocenters. The van der Waals surface area contributed by atoms with E-state index in [1.807, 2.05) is 24.3 Å². The average Bonchev–Trinajstić information content (AvgIpc) is 2.94. The Bertz CT molecular complexity index is 556. The Morgan fingerprint density at radius 2 is 2.19 bits per heavy atom. The van der Waals surface area contributed by atoms with Gasteiger partial charge in [0.05, 0.1) is 13.7 Å². The molecule has 0 radical (unpaired) electrons. The summed E-state index contributed by atoms with van der Waals surface area (Å²) < 4.78 is 4.35. The van der Waals surface area contributed by atoms with Gasteiger partial charge in [0.15, 0.2) is 0 Å². The molecular formula is C15H18N2O4. The third-order valence-electron chi connectivity index (χ3n) is 3.31. The summed E-state index contributed by atoms with van der Waals surface area (Å²) in [7, 11) is 1.19. The van der Waals surface area contributed by atoms with Gasteiger partial charge in [-0.2, -0.15) is 5.06 Å². The highest BCUT2D eigenvalue weighted by Gasteiger charge is 2.22. The summed E-state index contributed by atoms with van der Waals surface area (Å²) in [6.45, 7) is 0.754. The standard InChI is InChI=1S/C15H18N2O4/c1-21-15(19)17(20)10-5-4-8-14(18)16-11-9-12-6-2-3-7-13(12)16/h2-4,6-8,20H,5,9-11H2,1H3/b8-4+. The van der Waals surface area contributed by atoms with Crippen molar-refractivity contribution in [2.75, 3.05) is 25.1 Å². The number of rotatable bonds is 4. The van der Waals surface area contributed by atoms with Crippen LogP contribution in [0.25, 0.3) is 0 Å². The molecule has 0 bridgehead atoms. The Labute approximate surface area is 123 Å².